The zero-order chi connectivity index (χ0) is 27.6. The van der Waals surface area contributed by atoms with Crippen molar-refractivity contribution in [1.82, 2.24) is 10.6 Å². The molecule has 3 N–H and O–H groups in total. The first-order valence-electron chi connectivity index (χ1n) is 13.5. The molecule has 2 aliphatic heterocycles. The molecule has 1 aliphatic carbocycles. The molecule has 6 rings (SSSR count). The van der Waals surface area contributed by atoms with E-state index in [1.807, 2.05) is 44.2 Å². The highest BCUT2D eigenvalue weighted by Crippen LogP contribution is 2.58. The van der Waals surface area contributed by atoms with Crippen LogP contribution in [0.4, 0.5) is 8.78 Å². The standard InChI is InChI=1S/C31H31ClF2N2O3/c1-15-12-17-13-19(30(38)35-3)25(28(34)24(17)29(15)37)26-23-16(2)31(22-10-7-11-36-22,18-8-5-4-6-9-18)39-21(23)14-20(33)27(26)32/h4-6,8-9,13-16,22,29,36-37H,7,10-12H2,1-3H3,(H,35,38)/t15?,16-,22-,29?,31-/m0/s1. The molecule has 1 fully saturated rings. The number of rotatable bonds is 4. The van der Waals surface area contributed by atoms with E-state index in [1.165, 1.54) is 13.1 Å². The number of amides is 1. The Morgan fingerprint density at radius 2 is 1.90 bits per heavy atom. The number of benzene rings is 3. The summed E-state index contributed by atoms with van der Waals surface area (Å²) >= 11 is 6.68. The maximum atomic E-state index is 16.6. The molecule has 3 aromatic rings. The third-order valence-electron chi connectivity index (χ3n) is 8.87. The van der Waals surface area contributed by atoms with Gasteiger partial charge in [0.05, 0.1) is 22.7 Å². The van der Waals surface area contributed by atoms with Crippen molar-refractivity contribution in [3.05, 3.63) is 86.9 Å². The van der Waals surface area contributed by atoms with Gasteiger partial charge in [-0.15, -0.1) is 0 Å². The Labute approximate surface area is 231 Å². The van der Waals surface area contributed by atoms with Gasteiger partial charge < -0.3 is 20.5 Å². The van der Waals surface area contributed by atoms with Crippen LogP contribution in [0.25, 0.3) is 11.1 Å². The number of aliphatic hydroxyl groups excluding tert-OH is 1. The van der Waals surface area contributed by atoms with E-state index < -0.39 is 29.2 Å². The molecule has 204 valence electrons. The highest BCUT2D eigenvalue weighted by atomic mass is 35.5. The average molecular weight is 553 g/mol. The number of hydrogen-bond acceptors (Lipinski definition) is 4. The first-order chi connectivity index (χ1) is 18.7. The van der Waals surface area contributed by atoms with E-state index in [1.54, 1.807) is 6.07 Å². The van der Waals surface area contributed by atoms with E-state index in [0.717, 1.165) is 24.9 Å². The molecule has 3 aromatic carbocycles. The number of ether oxygens (including phenoxy) is 1. The molecule has 0 spiro atoms. The molecule has 0 radical (unpaired) electrons. The Kier molecular flexibility index (Phi) is 6.44. The van der Waals surface area contributed by atoms with Crippen molar-refractivity contribution in [3.8, 4) is 16.9 Å². The van der Waals surface area contributed by atoms with Crippen LogP contribution in [0.3, 0.4) is 0 Å². The van der Waals surface area contributed by atoms with Crippen LogP contribution in [0.1, 0.15) is 71.3 Å². The largest absolute Gasteiger partial charge is 0.480 e. The van der Waals surface area contributed by atoms with Crippen molar-refractivity contribution in [2.45, 2.75) is 56.8 Å². The maximum Gasteiger partial charge on any atom is 0.251 e. The molecule has 3 aliphatic rings. The molecular formula is C31H31ClF2N2O3. The van der Waals surface area contributed by atoms with Crippen molar-refractivity contribution in [2.75, 3.05) is 13.6 Å². The topological polar surface area (TPSA) is 70.6 Å². The van der Waals surface area contributed by atoms with Crippen molar-refractivity contribution in [1.29, 1.82) is 0 Å². The van der Waals surface area contributed by atoms with E-state index in [9.17, 15) is 9.90 Å². The van der Waals surface area contributed by atoms with E-state index in [-0.39, 0.29) is 50.9 Å². The van der Waals surface area contributed by atoms with E-state index >= 15 is 8.78 Å². The van der Waals surface area contributed by atoms with Gasteiger partial charge in [0.2, 0.25) is 0 Å². The van der Waals surface area contributed by atoms with Gasteiger partial charge in [-0.3, -0.25) is 4.79 Å². The number of nitrogens with one attached hydrogen (secondary N) is 2. The molecule has 0 aromatic heterocycles. The molecule has 39 heavy (non-hydrogen) atoms. The predicted octanol–water partition coefficient (Wildman–Crippen LogP) is 6.01. The van der Waals surface area contributed by atoms with Crippen LogP contribution in [0, 0.1) is 17.6 Å². The van der Waals surface area contributed by atoms with Crippen molar-refractivity contribution >= 4 is 17.5 Å². The molecular weight excluding hydrogens is 522 g/mol. The minimum absolute atomic E-state index is 0.0492. The molecule has 0 bridgehead atoms. The van der Waals surface area contributed by atoms with Gasteiger partial charge in [0.15, 0.2) is 5.60 Å². The second-order valence-electron chi connectivity index (χ2n) is 11.0. The lowest BCUT2D eigenvalue weighted by atomic mass is 9.73. The Hall–Kier alpha value is -3.00. The third kappa shape index (κ3) is 3.74. The normalized spacial score (nSPS) is 27.3. The number of halogens is 3. The summed E-state index contributed by atoms with van der Waals surface area (Å²) in [4.78, 5) is 13.1. The summed E-state index contributed by atoms with van der Waals surface area (Å²) in [5.74, 6) is -2.37. The molecule has 0 saturated carbocycles. The maximum absolute atomic E-state index is 16.6. The second kappa shape index (κ2) is 9.58. The van der Waals surface area contributed by atoms with E-state index in [0.29, 0.717) is 17.5 Å². The molecule has 2 heterocycles. The van der Waals surface area contributed by atoms with Gasteiger partial charge in [-0.05, 0) is 48.9 Å². The number of fused-ring (bicyclic) bond motifs is 2. The summed E-state index contributed by atoms with van der Waals surface area (Å²) in [5.41, 5.74) is 1.30. The van der Waals surface area contributed by atoms with Gasteiger partial charge in [0, 0.05) is 41.3 Å². The Morgan fingerprint density at radius 1 is 1.15 bits per heavy atom. The highest BCUT2D eigenvalue weighted by Gasteiger charge is 2.55. The lowest BCUT2D eigenvalue weighted by Crippen LogP contribution is -2.50. The first kappa shape index (κ1) is 26.2. The first-order valence-corrected chi connectivity index (χ1v) is 13.8. The number of aliphatic hydroxyl groups is 1. The SMILES string of the molecule is CNC(=O)c1cc2c(c(F)c1-c1c(Cl)c(F)cc3c1[C@H](C)[C@](c1ccccc1)([C@@H]1CCCN1)O3)C(O)C(C)C2. The van der Waals surface area contributed by atoms with Crippen molar-refractivity contribution < 1.29 is 23.4 Å². The summed E-state index contributed by atoms with van der Waals surface area (Å²) in [6.45, 7) is 4.64. The minimum atomic E-state index is -1.04. The monoisotopic (exact) mass is 552 g/mol. The van der Waals surface area contributed by atoms with Crippen LogP contribution in [0.2, 0.25) is 5.02 Å². The van der Waals surface area contributed by atoms with Crippen LogP contribution in [0.15, 0.2) is 42.5 Å². The fraction of sp³-hybridized carbons (Fsp3) is 0.387. The summed E-state index contributed by atoms with van der Waals surface area (Å²) in [7, 11) is 1.46. The molecule has 2 unspecified atom stereocenters. The molecule has 1 saturated heterocycles. The van der Waals surface area contributed by atoms with Crippen LogP contribution in [-0.2, 0) is 12.0 Å². The molecule has 5 atom stereocenters. The van der Waals surface area contributed by atoms with Gasteiger partial charge in [0.25, 0.3) is 5.91 Å². The minimum Gasteiger partial charge on any atom is -0.480 e. The van der Waals surface area contributed by atoms with Crippen LogP contribution in [-0.4, -0.2) is 30.6 Å². The number of carbonyl (C=O) groups is 1. The van der Waals surface area contributed by atoms with Gasteiger partial charge >= 0.3 is 0 Å². The van der Waals surface area contributed by atoms with Crippen molar-refractivity contribution in [2.24, 2.45) is 5.92 Å². The summed E-state index contributed by atoms with van der Waals surface area (Å²) in [6, 6.07) is 12.6. The van der Waals surface area contributed by atoms with Crippen LogP contribution in [0.5, 0.6) is 5.75 Å². The van der Waals surface area contributed by atoms with Gasteiger partial charge in [-0.1, -0.05) is 55.8 Å². The van der Waals surface area contributed by atoms with Crippen molar-refractivity contribution in [3.63, 3.8) is 0 Å². The van der Waals surface area contributed by atoms with Crippen LogP contribution >= 0.6 is 11.6 Å². The Balaban J connectivity index is 1.65. The van der Waals surface area contributed by atoms with Gasteiger partial charge in [-0.2, -0.15) is 0 Å². The quantitative estimate of drug-likeness (QED) is 0.370. The molecule has 8 heteroatoms. The predicted molar refractivity (Wildman–Crippen MR) is 146 cm³/mol. The zero-order valence-corrected chi connectivity index (χ0v) is 22.8. The third-order valence-corrected chi connectivity index (χ3v) is 9.24. The zero-order valence-electron chi connectivity index (χ0n) is 22.1. The fourth-order valence-electron chi connectivity index (χ4n) is 7.00. The Morgan fingerprint density at radius 3 is 2.56 bits per heavy atom. The summed E-state index contributed by atoms with van der Waals surface area (Å²) in [5, 5.41) is 16.7. The smallest absolute Gasteiger partial charge is 0.251 e. The number of carbonyl (C=O) groups excluding carboxylic acids is 1. The summed E-state index contributed by atoms with van der Waals surface area (Å²) < 4.78 is 38.9. The fourth-order valence-corrected chi connectivity index (χ4v) is 7.25. The van der Waals surface area contributed by atoms with Gasteiger partial charge in [-0.25, -0.2) is 8.78 Å². The Bertz CT molecular complexity index is 1470. The van der Waals surface area contributed by atoms with Gasteiger partial charge in [0.1, 0.15) is 17.4 Å². The number of hydrogen-bond donors (Lipinski definition) is 3. The second-order valence-corrected chi connectivity index (χ2v) is 11.4. The van der Waals surface area contributed by atoms with Crippen LogP contribution < -0.4 is 15.4 Å². The highest BCUT2D eigenvalue weighted by molar-refractivity contribution is 6.34. The average Bonchev–Trinajstić information content (AvgIpc) is 3.64. The lowest BCUT2D eigenvalue weighted by molar-refractivity contribution is 0.0333. The van der Waals surface area contributed by atoms with E-state index in [2.05, 4.69) is 10.6 Å². The van der Waals surface area contributed by atoms with E-state index in [4.69, 9.17) is 16.3 Å². The summed E-state index contributed by atoms with van der Waals surface area (Å²) in [6.07, 6.45) is 1.19. The molecule has 1 amide bonds. The lowest BCUT2D eigenvalue weighted by Gasteiger charge is -2.39. The molecule has 5 nitrogen and oxygen atoms in total.